The monoisotopic (exact) mass is 564 g/mol. The Morgan fingerprint density at radius 1 is 0.905 bits per heavy atom. The maximum atomic E-state index is 4.74. The van der Waals surface area contributed by atoms with Crippen LogP contribution in [0.4, 0.5) is 5.82 Å². The molecule has 1 aliphatic carbocycles. The summed E-state index contributed by atoms with van der Waals surface area (Å²) >= 11 is 0. The largest absolute Gasteiger partial charge is 0.367 e. The van der Waals surface area contributed by atoms with Crippen LogP contribution < -0.4 is 10.6 Å². The van der Waals surface area contributed by atoms with Crippen molar-refractivity contribution >= 4 is 22.5 Å². The SMILES string of the molecule is C=C(CC(CC)CCNCCC)c1ccncc1C(=C(CCC)c1ccnc(NC2CCCCC2)c1)c1ccccc1. The zero-order chi connectivity index (χ0) is 29.6. The minimum Gasteiger partial charge on any atom is -0.367 e. The topological polar surface area (TPSA) is 49.8 Å². The van der Waals surface area contributed by atoms with E-state index in [0.29, 0.717) is 12.0 Å². The number of hydrogen-bond acceptors (Lipinski definition) is 4. The molecule has 1 aliphatic rings. The molecule has 4 rings (SSSR count). The summed E-state index contributed by atoms with van der Waals surface area (Å²) in [5.74, 6) is 1.59. The molecule has 1 fully saturated rings. The first-order valence-electron chi connectivity index (χ1n) is 16.5. The molecule has 1 unspecified atom stereocenters. The Bertz CT molecular complexity index is 1270. The van der Waals surface area contributed by atoms with Gasteiger partial charge in [0, 0.05) is 30.2 Å². The lowest BCUT2D eigenvalue weighted by molar-refractivity contribution is 0.461. The molecule has 3 aromatic rings. The summed E-state index contributed by atoms with van der Waals surface area (Å²) in [6.45, 7) is 13.6. The van der Waals surface area contributed by atoms with E-state index in [2.05, 4.69) is 97.7 Å². The summed E-state index contributed by atoms with van der Waals surface area (Å²) in [5.41, 5.74) is 8.65. The summed E-state index contributed by atoms with van der Waals surface area (Å²) in [4.78, 5) is 9.40. The van der Waals surface area contributed by atoms with Crippen molar-refractivity contribution in [2.75, 3.05) is 18.4 Å². The predicted molar refractivity (Wildman–Crippen MR) is 181 cm³/mol. The van der Waals surface area contributed by atoms with Crippen LogP contribution in [0.25, 0.3) is 16.7 Å². The van der Waals surface area contributed by atoms with E-state index >= 15 is 0 Å². The smallest absolute Gasteiger partial charge is 0.126 e. The quantitative estimate of drug-likeness (QED) is 0.170. The van der Waals surface area contributed by atoms with Gasteiger partial charge in [0.15, 0.2) is 0 Å². The third-order valence-corrected chi connectivity index (χ3v) is 8.67. The molecule has 0 radical (unpaired) electrons. The lowest BCUT2D eigenvalue weighted by Crippen LogP contribution is -2.22. The van der Waals surface area contributed by atoms with Crippen molar-refractivity contribution in [2.24, 2.45) is 5.92 Å². The number of rotatable bonds is 16. The molecule has 42 heavy (non-hydrogen) atoms. The molecular formula is C38H52N4. The Morgan fingerprint density at radius 2 is 1.71 bits per heavy atom. The van der Waals surface area contributed by atoms with Crippen molar-refractivity contribution in [1.82, 2.24) is 15.3 Å². The van der Waals surface area contributed by atoms with Gasteiger partial charge in [0.2, 0.25) is 0 Å². The first-order valence-corrected chi connectivity index (χ1v) is 16.5. The van der Waals surface area contributed by atoms with Gasteiger partial charge in [-0.3, -0.25) is 4.98 Å². The zero-order valence-electron chi connectivity index (χ0n) is 26.3. The van der Waals surface area contributed by atoms with E-state index in [1.165, 1.54) is 83.9 Å². The summed E-state index contributed by atoms with van der Waals surface area (Å²) in [6, 6.07) is 18.0. The molecule has 0 spiro atoms. The Kier molecular flexibility index (Phi) is 12.8. The van der Waals surface area contributed by atoms with Crippen molar-refractivity contribution in [3.05, 3.63) is 96.0 Å². The fourth-order valence-corrected chi connectivity index (χ4v) is 6.33. The molecule has 2 N–H and O–H groups in total. The number of allylic oxidation sites excluding steroid dienone is 2. The number of hydrogen-bond donors (Lipinski definition) is 2. The lowest BCUT2D eigenvalue weighted by Gasteiger charge is -2.24. The van der Waals surface area contributed by atoms with E-state index in [-0.39, 0.29) is 0 Å². The predicted octanol–water partition coefficient (Wildman–Crippen LogP) is 9.80. The molecule has 0 amide bonds. The van der Waals surface area contributed by atoms with Crippen LogP contribution in [-0.4, -0.2) is 29.1 Å². The lowest BCUT2D eigenvalue weighted by atomic mass is 9.83. The van der Waals surface area contributed by atoms with E-state index in [1.54, 1.807) is 0 Å². The molecule has 1 atom stereocenters. The zero-order valence-corrected chi connectivity index (χ0v) is 26.3. The second-order valence-electron chi connectivity index (χ2n) is 11.9. The molecule has 224 valence electrons. The first-order chi connectivity index (χ1) is 20.6. The fraction of sp³-hybridized carbons (Fsp3) is 0.474. The van der Waals surface area contributed by atoms with E-state index in [1.807, 2.05) is 12.4 Å². The van der Waals surface area contributed by atoms with Crippen molar-refractivity contribution < 1.29 is 0 Å². The van der Waals surface area contributed by atoms with Gasteiger partial charge in [-0.15, -0.1) is 0 Å². The number of nitrogens with zero attached hydrogens (tertiary/aromatic N) is 2. The maximum Gasteiger partial charge on any atom is 0.126 e. The van der Waals surface area contributed by atoms with Gasteiger partial charge in [-0.1, -0.05) is 89.8 Å². The Balaban J connectivity index is 1.75. The van der Waals surface area contributed by atoms with Gasteiger partial charge < -0.3 is 10.6 Å². The maximum absolute atomic E-state index is 4.74. The van der Waals surface area contributed by atoms with Gasteiger partial charge >= 0.3 is 0 Å². The molecule has 1 aromatic carbocycles. The van der Waals surface area contributed by atoms with Crippen molar-refractivity contribution in [2.45, 2.75) is 97.4 Å². The van der Waals surface area contributed by atoms with Crippen LogP contribution in [0.2, 0.25) is 0 Å². The summed E-state index contributed by atoms with van der Waals surface area (Å²) in [7, 11) is 0. The first kappa shape index (κ1) is 31.7. The Labute approximate surface area is 255 Å². The molecule has 4 heteroatoms. The van der Waals surface area contributed by atoms with Gasteiger partial charge in [-0.25, -0.2) is 4.98 Å². The Morgan fingerprint density at radius 3 is 2.45 bits per heavy atom. The summed E-state index contributed by atoms with van der Waals surface area (Å²) < 4.78 is 0. The van der Waals surface area contributed by atoms with Gasteiger partial charge in [-0.2, -0.15) is 0 Å². The molecule has 1 saturated carbocycles. The normalized spacial score (nSPS) is 15.2. The molecular weight excluding hydrogens is 512 g/mol. The van der Waals surface area contributed by atoms with Crippen LogP contribution in [0.3, 0.4) is 0 Å². The average molecular weight is 565 g/mol. The number of nitrogens with one attached hydrogen (secondary N) is 2. The summed E-state index contributed by atoms with van der Waals surface area (Å²) in [6.07, 6.45) is 18.9. The van der Waals surface area contributed by atoms with E-state index < -0.39 is 0 Å². The van der Waals surface area contributed by atoms with E-state index in [9.17, 15) is 0 Å². The molecule has 2 aromatic heterocycles. The van der Waals surface area contributed by atoms with Crippen LogP contribution in [0.5, 0.6) is 0 Å². The standard InChI is InChI=1S/C38H52N4/c1-5-14-35(32-20-25-41-37(27-32)42-33-17-12-9-13-18-33)38(31-15-10-8-11-16-31)36-28-40-24-21-34(36)29(4)26-30(7-3)19-23-39-22-6-2/h8,10-11,15-16,20-21,24-25,27-28,30,33,39H,4-7,9,12-14,17-19,22-23,26H2,1-3H3,(H,41,42). The van der Waals surface area contributed by atoms with E-state index in [4.69, 9.17) is 4.98 Å². The highest BCUT2D eigenvalue weighted by atomic mass is 15.0. The second kappa shape index (κ2) is 17.0. The number of benzene rings is 1. The molecule has 4 nitrogen and oxygen atoms in total. The summed E-state index contributed by atoms with van der Waals surface area (Å²) in [5, 5.41) is 7.34. The van der Waals surface area contributed by atoms with Gasteiger partial charge in [0.05, 0.1) is 0 Å². The minimum atomic E-state index is 0.519. The number of pyridine rings is 2. The molecule has 2 heterocycles. The van der Waals surface area contributed by atoms with Crippen LogP contribution in [0.15, 0.2) is 73.7 Å². The van der Waals surface area contributed by atoms with Gasteiger partial charge in [0.25, 0.3) is 0 Å². The van der Waals surface area contributed by atoms with E-state index in [0.717, 1.165) is 44.6 Å². The van der Waals surface area contributed by atoms with Crippen LogP contribution in [0, 0.1) is 5.92 Å². The Hall–Kier alpha value is -3.24. The van der Waals surface area contributed by atoms with Crippen molar-refractivity contribution in [3.63, 3.8) is 0 Å². The average Bonchev–Trinajstić information content (AvgIpc) is 3.03. The highest BCUT2D eigenvalue weighted by Gasteiger charge is 2.20. The second-order valence-corrected chi connectivity index (χ2v) is 11.9. The fourth-order valence-electron chi connectivity index (χ4n) is 6.33. The van der Waals surface area contributed by atoms with Crippen molar-refractivity contribution in [3.8, 4) is 0 Å². The molecule has 0 aliphatic heterocycles. The van der Waals surface area contributed by atoms with Crippen LogP contribution >= 0.6 is 0 Å². The minimum absolute atomic E-state index is 0.519. The van der Waals surface area contributed by atoms with Crippen LogP contribution in [-0.2, 0) is 0 Å². The van der Waals surface area contributed by atoms with Crippen LogP contribution in [0.1, 0.15) is 114 Å². The highest BCUT2D eigenvalue weighted by molar-refractivity contribution is 6.01. The highest BCUT2D eigenvalue weighted by Crippen LogP contribution is 2.39. The van der Waals surface area contributed by atoms with Gasteiger partial charge in [-0.05, 0) is 109 Å². The molecule has 0 bridgehead atoms. The third kappa shape index (κ3) is 8.88. The number of aromatic nitrogens is 2. The van der Waals surface area contributed by atoms with Gasteiger partial charge in [0.1, 0.15) is 5.82 Å². The molecule has 0 saturated heterocycles. The third-order valence-electron chi connectivity index (χ3n) is 8.67. The number of anilines is 1. The van der Waals surface area contributed by atoms with Crippen molar-refractivity contribution in [1.29, 1.82) is 0 Å².